The summed E-state index contributed by atoms with van der Waals surface area (Å²) in [7, 11) is 2.14. The Kier molecular flexibility index (Phi) is 11.1. The van der Waals surface area contributed by atoms with Crippen molar-refractivity contribution in [1.29, 1.82) is 0 Å². The van der Waals surface area contributed by atoms with Crippen LogP contribution in [0, 0.1) is 6.92 Å². The number of fused-ring (bicyclic) bond motifs is 1. The molecule has 0 spiro atoms. The fourth-order valence-electron chi connectivity index (χ4n) is 6.77. The Morgan fingerprint density at radius 1 is 0.982 bits per heavy atom. The number of hydrogen-bond donors (Lipinski definition) is 3. The summed E-state index contributed by atoms with van der Waals surface area (Å²) in [5.74, 6) is -0.418. The van der Waals surface area contributed by atoms with Crippen LogP contribution in [-0.4, -0.2) is 67.0 Å². The standard InChI is InChI=1S/C43H47N9O4/c1-27-21-31(14-15-32(27)23-44-41(55)39-49-42(56-50-39)43(2,3)4)38-36-22-33(25-52(36)46-26-45-38)30-12-8-29(9-13-30)24-51(5)20-6-7-28-10-16-34(17-11-28)47-35-18-19-37(53)48-40(35)54/h8-17,21-22,25-26,35,47H,6-7,18-20,23-24H2,1-5H3,(H,44,55)(H,48,53,54). The number of rotatable bonds is 13. The number of nitrogens with one attached hydrogen (secondary N) is 3. The molecule has 288 valence electrons. The molecule has 7 rings (SSSR count). The second-order valence-electron chi connectivity index (χ2n) is 15.5. The summed E-state index contributed by atoms with van der Waals surface area (Å²) in [5, 5.41) is 16.9. The van der Waals surface area contributed by atoms with Crippen molar-refractivity contribution in [1.82, 2.24) is 40.3 Å². The van der Waals surface area contributed by atoms with Gasteiger partial charge in [-0.1, -0.05) is 74.5 Å². The first-order valence-corrected chi connectivity index (χ1v) is 18.9. The highest BCUT2D eigenvalue weighted by molar-refractivity contribution is 6.01. The third kappa shape index (κ3) is 9.01. The van der Waals surface area contributed by atoms with Crippen LogP contribution in [0.1, 0.15) is 78.8 Å². The highest BCUT2D eigenvalue weighted by Crippen LogP contribution is 2.30. The van der Waals surface area contributed by atoms with Crippen LogP contribution in [0.4, 0.5) is 5.69 Å². The van der Waals surface area contributed by atoms with Gasteiger partial charge in [-0.15, -0.1) is 0 Å². The Balaban J connectivity index is 0.917. The van der Waals surface area contributed by atoms with Gasteiger partial charge in [0.1, 0.15) is 12.4 Å². The molecule has 1 aliphatic heterocycles. The average molecular weight is 754 g/mol. The molecule has 3 aromatic carbocycles. The molecule has 56 heavy (non-hydrogen) atoms. The number of anilines is 1. The molecular weight excluding hydrogens is 707 g/mol. The number of imide groups is 1. The lowest BCUT2D eigenvalue weighted by Gasteiger charge is -2.22. The molecule has 1 unspecified atom stereocenters. The van der Waals surface area contributed by atoms with Crippen LogP contribution in [0.15, 0.2) is 89.8 Å². The van der Waals surface area contributed by atoms with E-state index in [0.717, 1.165) is 70.6 Å². The Bertz CT molecular complexity index is 2360. The SMILES string of the molecule is Cc1cc(-c2ncnn3cc(-c4ccc(CN(C)CCCc5ccc(NC6CCC(=O)NC6=O)cc5)cc4)cc23)ccc1CNC(=O)c1noc(C(C)(C)C)n1. The Hall–Kier alpha value is -6.21. The molecule has 4 heterocycles. The summed E-state index contributed by atoms with van der Waals surface area (Å²) in [4.78, 5) is 47.4. The van der Waals surface area contributed by atoms with E-state index >= 15 is 0 Å². The summed E-state index contributed by atoms with van der Waals surface area (Å²) in [6.07, 6.45) is 6.44. The van der Waals surface area contributed by atoms with E-state index in [-0.39, 0.29) is 35.0 Å². The van der Waals surface area contributed by atoms with E-state index in [1.807, 2.05) is 62.7 Å². The number of aryl methyl sites for hydroxylation is 2. The van der Waals surface area contributed by atoms with Gasteiger partial charge in [0, 0.05) is 47.9 Å². The lowest BCUT2D eigenvalue weighted by Crippen LogP contribution is -2.47. The number of nitrogens with zero attached hydrogens (tertiary/aromatic N) is 6. The van der Waals surface area contributed by atoms with Gasteiger partial charge >= 0.3 is 0 Å². The van der Waals surface area contributed by atoms with Crippen molar-refractivity contribution in [3.05, 3.63) is 119 Å². The zero-order chi connectivity index (χ0) is 39.4. The quantitative estimate of drug-likeness (QED) is 0.115. The monoisotopic (exact) mass is 753 g/mol. The fraction of sp³-hybridized carbons (Fsp3) is 0.326. The van der Waals surface area contributed by atoms with Crippen LogP contribution in [-0.2, 0) is 34.5 Å². The smallest absolute Gasteiger partial charge is 0.292 e. The molecule has 1 fully saturated rings. The van der Waals surface area contributed by atoms with E-state index in [1.165, 1.54) is 11.1 Å². The van der Waals surface area contributed by atoms with Gasteiger partial charge in [-0.05, 0) is 91.9 Å². The highest BCUT2D eigenvalue weighted by atomic mass is 16.5. The second-order valence-corrected chi connectivity index (χ2v) is 15.5. The number of carbonyl (C=O) groups is 3. The zero-order valence-corrected chi connectivity index (χ0v) is 32.4. The molecule has 0 radical (unpaired) electrons. The molecule has 6 aromatic rings. The number of carbonyl (C=O) groups excluding carboxylic acids is 3. The first kappa shape index (κ1) is 38.1. The summed E-state index contributed by atoms with van der Waals surface area (Å²) in [6.45, 7) is 10.00. The molecule has 3 N–H and O–H groups in total. The minimum absolute atomic E-state index is 0.0226. The molecule has 1 aliphatic rings. The van der Waals surface area contributed by atoms with Crippen molar-refractivity contribution in [2.24, 2.45) is 0 Å². The predicted molar refractivity (Wildman–Crippen MR) is 214 cm³/mol. The summed E-state index contributed by atoms with van der Waals surface area (Å²) in [6, 6.07) is 24.7. The van der Waals surface area contributed by atoms with Crippen molar-refractivity contribution in [2.45, 2.75) is 77.9 Å². The fourth-order valence-corrected chi connectivity index (χ4v) is 6.77. The number of hydrogen-bond acceptors (Lipinski definition) is 10. The third-order valence-corrected chi connectivity index (χ3v) is 10.0. The maximum atomic E-state index is 12.7. The van der Waals surface area contributed by atoms with Crippen LogP contribution in [0.5, 0.6) is 0 Å². The van der Waals surface area contributed by atoms with Gasteiger partial charge in [0.05, 0.1) is 11.2 Å². The molecule has 3 aromatic heterocycles. The highest BCUT2D eigenvalue weighted by Gasteiger charge is 2.26. The topological polar surface area (TPSA) is 160 Å². The van der Waals surface area contributed by atoms with Crippen LogP contribution >= 0.6 is 0 Å². The van der Waals surface area contributed by atoms with Gasteiger partial charge in [0.15, 0.2) is 0 Å². The molecule has 0 bridgehead atoms. The van der Waals surface area contributed by atoms with Crippen LogP contribution < -0.4 is 16.0 Å². The van der Waals surface area contributed by atoms with E-state index < -0.39 is 0 Å². The molecule has 0 saturated carbocycles. The molecule has 1 atom stereocenters. The number of aromatic nitrogens is 5. The van der Waals surface area contributed by atoms with Crippen molar-refractivity contribution < 1.29 is 18.9 Å². The van der Waals surface area contributed by atoms with Gasteiger partial charge in [0.25, 0.3) is 11.7 Å². The van der Waals surface area contributed by atoms with Crippen molar-refractivity contribution in [2.75, 3.05) is 18.9 Å². The zero-order valence-electron chi connectivity index (χ0n) is 32.4. The molecule has 0 aliphatic carbocycles. The maximum Gasteiger partial charge on any atom is 0.292 e. The minimum atomic E-state index is -0.384. The number of benzene rings is 3. The lowest BCUT2D eigenvalue weighted by molar-refractivity contribution is -0.133. The maximum absolute atomic E-state index is 12.7. The second kappa shape index (κ2) is 16.3. The van der Waals surface area contributed by atoms with Gasteiger partial charge in [-0.2, -0.15) is 10.1 Å². The summed E-state index contributed by atoms with van der Waals surface area (Å²) >= 11 is 0. The summed E-state index contributed by atoms with van der Waals surface area (Å²) < 4.78 is 7.13. The first-order valence-electron chi connectivity index (χ1n) is 18.9. The lowest BCUT2D eigenvalue weighted by atomic mass is 9.97. The van der Waals surface area contributed by atoms with Crippen molar-refractivity contribution >= 4 is 28.9 Å². The van der Waals surface area contributed by atoms with Crippen LogP contribution in [0.2, 0.25) is 0 Å². The van der Waals surface area contributed by atoms with Gasteiger partial charge in [-0.25, -0.2) is 9.50 Å². The Morgan fingerprint density at radius 3 is 2.45 bits per heavy atom. The van der Waals surface area contributed by atoms with Crippen molar-refractivity contribution in [3.63, 3.8) is 0 Å². The summed E-state index contributed by atoms with van der Waals surface area (Å²) in [5.41, 5.74) is 9.85. The van der Waals surface area contributed by atoms with Crippen molar-refractivity contribution in [3.8, 4) is 22.4 Å². The first-order chi connectivity index (χ1) is 26.9. The largest absolute Gasteiger partial charge is 0.374 e. The van der Waals surface area contributed by atoms with E-state index in [4.69, 9.17) is 4.52 Å². The number of piperidine rings is 1. The molecular formula is C43H47N9O4. The predicted octanol–water partition coefficient (Wildman–Crippen LogP) is 6.26. The van der Waals surface area contributed by atoms with E-state index in [0.29, 0.717) is 25.3 Å². The number of amides is 3. The average Bonchev–Trinajstić information content (AvgIpc) is 3.85. The molecule has 13 nitrogen and oxygen atoms in total. The van der Waals surface area contributed by atoms with E-state index in [1.54, 1.807) is 6.33 Å². The van der Waals surface area contributed by atoms with E-state index in [2.05, 4.69) is 96.7 Å². The Morgan fingerprint density at radius 2 is 1.73 bits per heavy atom. The molecule has 13 heteroatoms. The molecule has 3 amide bonds. The molecule has 1 saturated heterocycles. The van der Waals surface area contributed by atoms with Gasteiger partial charge < -0.3 is 20.1 Å². The minimum Gasteiger partial charge on any atom is -0.374 e. The van der Waals surface area contributed by atoms with Crippen LogP contribution in [0.3, 0.4) is 0 Å². The normalized spacial score (nSPS) is 14.6. The van der Waals surface area contributed by atoms with E-state index in [9.17, 15) is 14.4 Å². The Labute approximate surface area is 325 Å². The van der Waals surface area contributed by atoms with Crippen LogP contribution in [0.25, 0.3) is 27.9 Å². The van der Waals surface area contributed by atoms with Gasteiger partial charge in [-0.3, -0.25) is 19.7 Å². The van der Waals surface area contributed by atoms with Gasteiger partial charge in [0.2, 0.25) is 17.7 Å². The third-order valence-electron chi connectivity index (χ3n) is 10.0.